The van der Waals surface area contributed by atoms with Gasteiger partial charge in [0.05, 0.1) is 17.6 Å². The number of hydrogen-bond donors (Lipinski definition) is 1. The molecule has 1 heterocycles. The van der Waals surface area contributed by atoms with Gasteiger partial charge < -0.3 is 5.32 Å². The molecule has 1 fully saturated rings. The molecule has 2 rings (SSSR count). The average molecular weight is 193 g/mol. The zero-order valence-corrected chi connectivity index (χ0v) is 9.08. The number of nitrogens with zero attached hydrogens (tertiary/aromatic N) is 2. The Hall–Kier alpha value is -0.990. The molecule has 78 valence electrons. The lowest BCUT2D eigenvalue weighted by molar-refractivity contribution is 0.462. The summed E-state index contributed by atoms with van der Waals surface area (Å²) in [5, 5.41) is 7.82. The third-order valence-electron chi connectivity index (χ3n) is 3.20. The van der Waals surface area contributed by atoms with E-state index in [1.165, 1.54) is 43.5 Å². The van der Waals surface area contributed by atoms with Crippen molar-refractivity contribution in [2.24, 2.45) is 7.05 Å². The summed E-state index contributed by atoms with van der Waals surface area (Å²) in [5.41, 5.74) is 2.44. The smallest absolute Gasteiger partial charge is 0.0758 e. The SMILES string of the molecule is Cc1c(NC2CCCCC2)cnn1C. The fraction of sp³-hybridized carbons (Fsp3) is 0.727. The molecule has 1 aromatic rings. The van der Waals surface area contributed by atoms with Crippen molar-refractivity contribution in [3.8, 4) is 0 Å². The fourth-order valence-electron chi connectivity index (χ4n) is 2.11. The second-order valence-corrected chi connectivity index (χ2v) is 4.25. The van der Waals surface area contributed by atoms with Crippen molar-refractivity contribution in [1.82, 2.24) is 9.78 Å². The van der Waals surface area contributed by atoms with Crippen LogP contribution in [0.15, 0.2) is 6.20 Å². The molecule has 1 N–H and O–H groups in total. The minimum atomic E-state index is 0.673. The highest BCUT2D eigenvalue weighted by Crippen LogP contribution is 2.22. The molecule has 1 aromatic heterocycles. The Bertz CT molecular complexity index is 297. The van der Waals surface area contributed by atoms with E-state index in [2.05, 4.69) is 17.3 Å². The van der Waals surface area contributed by atoms with Gasteiger partial charge in [-0.3, -0.25) is 4.68 Å². The van der Waals surface area contributed by atoms with Crippen molar-refractivity contribution >= 4 is 5.69 Å². The molecule has 0 radical (unpaired) electrons. The molecule has 0 saturated heterocycles. The van der Waals surface area contributed by atoms with Crippen LogP contribution in [0, 0.1) is 6.92 Å². The van der Waals surface area contributed by atoms with Gasteiger partial charge >= 0.3 is 0 Å². The van der Waals surface area contributed by atoms with Crippen LogP contribution < -0.4 is 5.32 Å². The number of aryl methyl sites for hydroxylation is 1. The van der Waals surface area contributed by atoms with Gasteiger partial charge in [0.2, 0.25) is 0 Å². The average Bonchev–Trinajstić information content (AvgIpc) is 2.52. The predicted octanol–water partition coefficient (Wildman–Crippen LogP) is 2.47. The molecule has 1 aliphatic rings. The zero-order chi connectivity index (χ0) is 9.97. The van der Waals surface area contributed by atoms with Crippen LogP contribution in [0.4, 0.5) is 5.69 Å². The monoisotopic (exact) mass is 193 g/mol. The molecule has 3 heteroatoms. The van der Waals surface area contributed by atoms with Crippen molar-refractivity contribution in [1.29, 1.82) is 0 Å². The van der Waals surface area contributed by atoms with Crippen LogP contribution in [0.5, 0.6) is 0 Å². The molecule has 14 heavy (non-hydrogen) atoms. The Labute approximate surface area is 85.5 Å². The summed E-state index contributed by atoms with van der Waals surface area (Å²) in [6, 6.07) is 0.673. The number of nitrogens with one attached hydrogen (secondary N) is 1. The summed E-state index contributed by atoms with van der Waals surface area (Å²) in [5.74, 6) is 0. The third-order valence-corrected chi connectivity index (χ3v) is 3.20. The van der Waals surface area contributed by atoms with Crippen LogP contribution in [0.1, 0.15) is 37.8 Å². The molecule has 0 unspecified atom stereocenters. The van der Waals surface area contributed by atoms with E-state index in [4.69, 9.17) is 0 Å². The Morgan fingerprint density at radius 1 is 1.36 bits per heavy atom. The van der Waals surface area contributed by atoms with E-state index in [-0.39, 0.29) is 0 Å². The van der Waals surface area contributed by atoms with Crippen molar-refractivity contribution in [3.05, 3.63) is 11.9 Å². The second kappa shape index (κ2) is 4.03. The van der Waals surface area contributed by atoms with Gasteiger partial charge in [0.1, 0.15) is 0 Å². The van der Waals surface area contributed by atoms with Crippen molar-refractivity contribution in [2.75, 3.05) is 5.32 Å². The maximum atomic E-state index is 4.24. The quantitative estimate of drug-likeness (QED) is 0.782. The first-order valence-electron chi connectivity index (χ1n) is 5.52. The van der Waals surface area contributed by atoms with Crippen LogP contribution in [0.2, 0.25) is 0 Å². The first-order valence-corrected chi connectivity index (χ1v) is 5.52. The Kier molecular flexibility index (Phi) is 2.75. The van der Waals surface area contributed by atoms with E-state index in [9.17, 15) is 0 Å². The van der Waals surface area contributed by atoms with Crippen molar-refractivity contribution in [2.45, 2.75) is 45.1 Å². The molecule has 0 aliphatic heterocycles. The third kappa shape index (κ3) is 1.91. The first-order chi connectivity index (χ1) is 6.77. The highest BCUT2D eigenvalue weighted by Gasteiger charge is 2.14. The molecule has 1 aliphatic carbocycles. The van der Waals surface area contributed by atoms with Gasteiger partial charge in [-0.2, -0.15) is 5.10 Å². The number of rotatable bonds is 2. The summed E-state index contributed by atoms with van der Waals surface area (Å²) in [7, 11) is 1.99. The Balaban J connectivity index is 1.99. The summed E-state index contributed by atoms with van der Waals surface area (Å²) >= 11 is 0. The molecule has 1 saturated carbocycles. The fourth-order valence-corrected chi connectivity index (χ4v) is 2.11. The minimum Gasteiger partial charge on any atom is -0.380 e. The standard InChI is InChI=1S/C11H19N3/c1-9-11(8-12-14(9)2)13-10-6-4-3-5-7-10/h8,10,13H,3-7H2,1-2H3. The van der Waals surface area contributed by atoms with Crippen LogP contribution in [-0.4, -0.2) is 15.8 Å². The first kappa shape index (κ1) is 9.56. The minimum absolute atomic E-state index is 0.673. The van der Waals surface area contributed by atoms with Crippen LogP contribution in [-0.2, 0) is 7.05 Å². The highest BCUT2D eigenvalue weighted by atomic mass is 15.3. The van der Waals surface area contributed by atoms with E-state index in [1.807, 2.05) is 17.9 Å². The molecular formula is C11H19N3. The lowest BCUT2D eigenvalue weighted by Crippen LogP contribution is -2.22. The van der Waals surface area contributed by atoms with Crippen LogP contribution in [0.25, 0.3) is 0 Å². The highest BCUT2D eigenvalue weighted by molar-refractivity contribution is 5.46. The zero-order valence-electron chi connectivity index (χ0n) is 9.08. The Morgan fingerprint density at radius 2 is 2.07 bits per heavy atom. The second-order valence-electron chi connectivity index (χ2n) is 4.25. The summed E-state index contributed by atoms with van der Waals surface area (Å²) in [6.45, 7) is 2.11. The lowest BCUT2D eigenvalue weighted by atomic mass is 9.95. The van der Waals surface area contributed by atoms with E-state index in [0.29, 0.717) is 6.04 Å². The van der Waals surface area contributed by atoms with Crippen LogP contribution in [0.3, 0.4) is 0 Å². The number of aromatic nitrogens is 2. The molecule has 0 atom stereocenters. The number of hydrogen-bond acceptors (Lipinski definition) is 2. The molecule has 0 spiro atoms. The molecule has 0 bridgehead atoms. The molecule has 0 aromatic carbocycles. The molecular weight excluding hydrogens is 174 g/mol. The van der Waals surface area contributed by atoms with Gasteiger partial charge in [-0.15, -0.1) is 0 Å². The van der Waals surface area contributed by atoms with Gasteiger partial charge in [-0.05, 0) is 19.8 Å². The lowest BCUT2D eigenvalue weighted by Gasteiger charge is -2.23. The van der Waals surface area contributed by atoms with Gasteiger partial charge in [0.15, 0.2) is 0 Å². The molecule has 3 nitrogen and oxygen atoms in total. The van der Waals surface area contributed by atoms with Gasteiger partial charge in [-0.1, -0.05) is 19.3 Å². The van der Waals surface area contributed by atoms with Crippen LogP contribution >= 0.6 is 0 Å². The Morgan fingerprint density at radius 3 is 2.64 bits per heavy atom. The summed E-state index contributed by atoms with van der Waals surface area (Å²) in [6.07, 6.45) is 8.71. The maximum absolute atomic E-state index is 4.24. The van der Waals surface area contributed by atoms with E-state index in [1.54, 1.807) is 0 Å². The van der Waals surface area contributed by atoms with E-state index >= 15 is 0 Å². The van der Waals surface area contributed by atoms with E-state index < -0.39 is 0 Å². The molecule has 0 amide bonds. The summed E-state index contributed by atoms with van der Waals surface area (Å²) in [4.78, 5) is 0. The largest absolute Gasteiger partial charge is 0.380 e. The number of anilines is 1. The van der Waals surface area contributed by atoms with Gasteiger partial charge in [-0.25, -0.2) is 0 Å². The van der Waals surface area contributed by atoms with Gasteiger partial charge in [0.25, 0.3) is 0 Å². The summed E-state index contributed by atoms with van der Waals surface area (Å²) < 4.78 is 1.92. The normalized spacial score (nSPS) is 18.4. The van der Waals surface area contributed by atoms with Crippen molar-refractivity contribution in [3.63, 3.8) is 0 Å². The maximum Gasteiger partial charge on any atom is 0.0758 e. The van der Waals surface area contributed by atoms with Gasteiger partial charge in [0, 0.05) is 13.1 Å². The van der Waals surface area contributed by atoms with E-state index in [0.717, 1.165) is 0 Å². The predicted molar refractivity (Wildman–Crippen MR) is 58.4 cm³/mol. The van der Waals surface area contributed by atoms with Crippen molar-refractivity contribution < 1.29 is 0 Å². The topological polar surface area (TPSA) is 29.9 Å².